The summed E-state index contributed by atoms with van der Waals surface area (Å²) in [6.45, 7) is 1.15. The second-order valence-corrected chi connectivity index (χ2v) is 7.26. The maximum Gasteiger partial charge on any atom is 0.322 e. The van der Waals surface area contributed by atoms with Crippen molar-refractivity contribution in [1.29, 1.82) is 0 Å². The number of carboxylic acids is 2. The van der Waals surface area contributed by atoms with Crippen LogP contribution >= 0.6 is 0 Å². The van der Waals surface area contributed by atoms with Crippen molar-refractivity contribution < 1.29 is 24.6 Å². The first-order chi connectivity index (χ1) is 16.6. The molecule has 0 radical (unpaired) electrons. The minimum absolute atomic E-state index is 0.0275. The average molecular weight is 479 g/mol. The predicted octanol–water partition coefficient (Wildman–Crippen LogP) is 1.23. The number of nitrogens with two attached hydrogens (primary N) is 2. The summed E-state index contributed by atoms with van der Waals surface area (Å²) in [6.07, 6.45) is 8.28. The van der Waals surface area contributed by atoms with E-state index in [2.05, 4.69) is 31.2 Å². The number of amides is 1. The molecule has 2 heterocycles. The summed E-state index contributed by atoms with van der Waals surface area (Å²) in [4.78, 5) is 48.6. The van der Waals surface area contributed by atoms with Crippen LogP contribution in [0.25, 0.3) is 11.2 Å². The van der Waals surface area contributed by atoms with Crippen LogP contribution in [0, 0.1) is 12.3 Å². The lowest BCUT2D eigenvalue weighted by atomic mass is 9.91. The van der Waals surface area contributed by atoms with Gasteiger partial charge in [-0.15, -0.1) is 12.3 Å². The van der Waals surface area contributed by atoms with Crippen LogP contribution < -0.4 is 16.8 Å². The maximum atomic E-state index is 12.0. The van der Waals surface area contributed by atoms with Crippen LogP contribution in [0.5, 0.6) is 0 Å². The average Bonchev–Trinajstić information content (AvgIpc) is 2.83. The normalized spacial score (nSPS) is 11.0. The number of nitrogens with one attached hydrogen (secondary N) is 1. The van der Waals surface area contributed by atoms with E-state index >= 15 is 0 Å². The number of aromatic nitrogens is 4. The molecule has 182 valence electrons. The highest BCUT2D eigenvalue weighted by atomic mass is 16.4. The number of carboxylic acid groups (broad SMARTS) is 2. The quantitative estimate of drug-likeness (QED) is 0.290. The topological polar surface area (TPSA) is 207 Å². The van der Waals surface area contributed by atoms with Gasteiger partial charge in [-0.05, 0) is 24.1 Å². The van der Waals surface area contributed by atoms with Crippen molar-refractivity contribution in [2.45, 2.75) is 32.1 Å². The molecular weight excluding hydrogens is 454 g/mol. The molecular formula is C23H25N7O5. The van der Waals surface area contributed by atoms with Crippen molar-refractivity contribution in [3.8, 4) is 12.3 Å². The SMILES string of the molecule is C#CCC(Cc1cnc2nc(N)nc(N)c2n1)c1ccc(C(=O)NCC(=O)O)cc1.CCC(=O)O. The van der Waals surface area contributed by atoms with E-state index in [1.54, 1.807) is 37.4 Å². The maximum absolute atomic E-state index is 12.0. The van der Waals surface area contributed by atoms with E-state index in [4.69, 9.17) is 28.1 Å². The summed E-state index contributed by atoms with van der Waals surface area (Å²) >= 11 is 0. The zero-order valence-electron chi connectivity index (χ0n) is 18.9. The number of nitrogens with zero attached hydrogens (tertiary/aromatic N) is 4. The minimum Gasteiger partial charge on any atom is -0.481 e. The van der Waals surface area contributed by atoms with Gasteiger partial charge in [-0.25, -0.2) is 9.97 Å². The van der Waals surface area contributed by atoms with E-state index in [0.29, 0.717) is 35.3 Å². The molecule has 0 aliphatic heterocycles. The summed E-state index contributed by atoms with van der Waals surface area (Å²) < 4.78 is 0. The molecule has 0 saturated carbocycles. The number of carbonyl (C=O) groups is 3. The van der Waals surface area contributed by atoms with Crippen molar-refractivity contribution >= 4 is 40.8 Å². The lowest BCUT2D eigenvalue weighted by Crippen LogP contribution is -2.29. The molecule has 1 amide bonds. The molecule has 3 rings (SSSR count). The Morgan fingerprint density at radius 1 is 1.09 bits per heavy atom. The number of benzene rings is 1. The Bertz CT molecular complexity index is 1260. The van der Waals surface area contributed by atoms with Crippen LogP contribution in [0.4, 0.5) is 11.8 Å². The van der Waals surface area contributed by atoms with Crippen LogP contribution in [0.2, 0.25) is 0 Å². The Kier molecular flexibility index (Phi) is 9.41. The van der Waals surface area contributed by atoms with Gasteiger partial charge in [-0.1, -0.05) is 19.1 Å². The Morgan fingerprint density at radius 2 is 1.74 bits per heavy atom. The molecule has 1 unspecified atom stereocenters. The van der Waals surface area contributed by atoms with Gasteiger partial charge in [-0.2, -0.15) is 9.97 Å². The molecule has 0 bridgehead atoms. The fraction of sp³-hybridized carbons (Fsp3) is 0.261. The van der Waals surface area contributed by atoms with E-state index in [0.717, 1.165) is 5.56 Å². The molecule has 0 aliphatic rings. The van der Waals surface area contributed by atoms with Crippen molar-refractivity contribution in [3.05, 3.63) is 47.3 Å². The Labute approximate surface area is 200 Å². The van der Waals surface area contributed by atoms with Gasteiger partial charge in [0.2, 0.25) is 5.95 Å². The van der Waals surface area contributed by atoms with E-state index in [1.165, 1.54) is 0 Å². The van der Waals surface area contributed by atoms with Gasteiger partial charge in [0.1, 0.15) is 6.54 Å². The first-order valence-electron chi connectivity index (χ1n) is 10.4. The van der Waals surface area contributed by atoms with Crippen molar-refractivity contribution in [1.82, 2.24) is 25.3 Å². The van der Waals surface area contributed by atoms with Gasteiger partial charge < -0.3 is 27.0 Å². The Morgan fingerprint density at radius 3 is 2.31 bits per heavy atom. The second-order valence-electron chi connectivity index (χ2n) is 7.26. The Balaban J connectivity index is 0.000000784. The van der Waals surface area contributed by atoms with Crippen LogP contribution in [-0.2, 0) is 16.0 Å². The zero-order chi connectivity index (χ0) is 26.0. The molecule has 0 spiro atoms. The summed E-state index contributed by atoms with van der Waals surface area (Å²) in [7, 11) is 0. The number of fused-ring (bicyclic) bond motifs is 1. The van der Waals surface area contributed by atoms with Gasteiger partial charge in [0.15, 0.2) is 17.0 Å². The minimum atomic E-state index is -1.11. The molecule has 3 aromatic rings. The second kappa shape index (κ2) is 12.4. The third-order valence-corrected chi connectivity index (χ3v) is 4.67. The summed E-state index contributed by atoms with van der Waals surface area (Å²) in [5, 5.41) is 18.7. The number of anilines is 2. The highest BCUT2D eigenvalue weighted by Gasteiger charge is 2.16. The predicted molar refractivity (Wildman–Crippen MR) is 128 cm³/mol. The fourth-order valence-corrected chi connectivity index (χ4v) is 2.95. The van der Waals surface area contributed by atoms with Crippen molar-refractivity contribution in [2.24, 2.45) is 0 Å². The Hall–Kier alpha value is -4.79. The van der Waals surface area contributed by atoms with E-state index in [-0.39, 0.29) is 24.1 Å². The molecule has 35 heavy (non-hydrogen) atoms. The van der Waals surface area contributed by atoms with Gasteiger partial charge in [0, 0.05) is 24.3 Å². The zero-order valence-corrected chi connectivity index (χ0v) is 18.9. The van der Waals surface area contributed by atoms with Crippen LogP contribution in [0.3, 0.4) is 0 Å². The number of aliphatic carboxylic acids is 2. The number of rotatable bonds is 8. The van der Waals surface area contributed by atoms with E-state index in [9.17, 15) is 14.4 Å². The molecule has 2 aromatic heterocycles. The lowest BCUT2D eigenvalue weighted by Gasteiger charge is -2.15. The lowest BCUT2D eigenvalue weighted by molar-refractivity contribution is -0.137. The molecule has 0 saturated heterocycles. The first-order valence-corrected chi connectivity index (χ1v) is 10.4. The van der Waals surface area contributed by atoms with E-state index < -0.39 is 24.4 Å². The van der Waals surface area contributed by atoms with E-state index in [1.807, 2.05) is 0 Å². The third-order valence-electron chi connectivity index (χ3n) is 4.67. The van der Waals surface area contributed by atoms with Gasteiger partial charge in [0.05, 0.1) is 11.9 Å². The number of nitrogen functional groups attached to an aromatic ring is 2. The molecule has 1 atom stereocenters. The molecule has 0 aliphatic carbocycles. The molecule has 12 heteroatoms. The monoisotopic (exact) mass is 479 g/mol. The summed E-state index contributed by atoms with van der Waals surface area (Å²) in [6, 6.07) is 6.81. The van der Waals surface area contributed by atoms with Gasteiger partial charge in [0.25, 0.3) is 5.91 Å². The molecule has 7 N–H and O–H groups in total. The number of terminal acetylenes is 1. The van der Waals surface area contributed by atoms with Crippen molar-refractivity contribution in [2.75, 3.05) is 18.0 Å². The summed E-state index contributed by atoms with van der Waals surface area (Å²) in [5.74, 6) is 0.434. The molecule has 0 fully saturated rings. The molecule has 1 aromatic carbocycles. The van der Waals surface area contributed by atoms with Gasteiger partial charge >= 0.3 is 11.9 Å². The van der Waals surface area contributed by atoms with Crippen LogP contribution in [-0.4, -0.2) is 54.5 Å². The highest BCUT2D eigenvalue weighted by molar-refractivity contribution is 5.95. The number of hydrogen-bond donors (Lipinski definition) is 5. The number of carbonyl (C=O) groups excluding carboxylic acids is 1. The third kappa shape index (κ3) is 7.93. The fourth-order valence-electron chi connectivity index (χ4n) is 2.95. The summed E-state index contributed by atoms with van der Waals surface area (Å²) in [5.41, 5.74) is 14.1. The number of hydrogen-bond acceptors (Lipinski definition) is 9. The largest absolute Gasteiger partial charge is 0.481 e. The van der Waals surface area contributed by atoms with Crippen LogP contribution in [0.1, 0.15) is 47.3 Å². The van der Waals surface area contributed by atoms with Crippen LogP contribution in [0.15, 0.2) is 30.5 Å². The highest BCUT2D eigenvalue weighted by Crippen LogP contribution is 2.25. The standard InChI is InChI=1S/C20H19N7O3.C3H6O2/c1-2-3-13(11-4-6-12(7-5-11)19(30)24-10-15(28)29)8-14-9-23-18-16(25-14)17(21)26-20(22)27-18;1-2-3(4)5/h1,4-7,9,13H,3,8,10H2,(H,24,30)(H,28,29)(H4,21,22,23,26,27);2H2,1H3,(H,4,5). The first kappa shape index (κ1) is 26.5. The molecule has 12 nitrogen and oxygen atoms in total. The van der Waals surface area contributed by atoms with Gasteiger partial charge in [-0.3, -0.25) is 14.4 Å². The van der Waals surface area contributed by atoms with Crippen molar-refractivity contribution in [3.63, 3.8) is 0 Å². The smallest absolute Gasteiger partial charge is 0.322 e.